The van der Waals surface area contributed by atoms with E-state index in [0.29, 0.717) is 0 Å². The first-order valence-corrected chi connectivity index (χ1v) is 7.55. The van der Waals surface area contributed by atoms with Crippen molar-refractivity contribution in [3.63, 3.8) is 0 Å². The standard InChI is InChI=1S/C18H20O8/c1-5-13(19)25-11(3)17(15(21)22)7-9-18(10-8-17,16(23)24)12(4)26-14(20)6-2/h5-12H,1-2H2,3-4H3,(H,21,22)(H,23,24)/p-2. The minimum Gasteiger partial charge on any atom is -0.549 e. The average Bonchev–Trinajstić information content (AvgIpc) is 2.60. The van der Waals surface area contributed by atoms with E-state index in [1.165, 1.54) is 13.8 Å². The molecule has 8 heteroatoms. The molecule has 1 rings (SSSR count). The molecule has 140 valence electrons. The number of hydrogen-bond donors (Lipinski definition) is 0. The van der Waals surface area contributed by atoms with Crippen molar-refractivity contribution in [2.24, 2.45) is 10.8 Å². The maximum atomic E-state index is 11.7. The van der Waals surface area contributed by atoms with Gasteiger partial charge in [0.05, 0.1) is 22.8 Å². The molecule has 2 atom stereocenters. The third-order valence-corrected chi connectivity index (χ3v) is 4.24. The maximum Gasteiger partial charge on any atom is 0.330 e. The van der Waals surface area contributed by atoms with Crippen LogP contribution in [0.5, 0.6) is 0 Å². The molecular weight excluding hydrogens is 344 g/mol. The van der Waals surface area contributed by atoms with Gasteiger partial charge in [0.1, 0.15) is 12.2 Å². The minimum absolute atomic E-state index is 0.857. The highest BCUT2D eigenvalue weighted by molar-refractivity contribution is 5.86. The minimum atomic E-state index is -1.92. The lowest BCUT2D eigenvalue weighted by molar-refractivity contribution is -0.320. The van der Waals surface area contributed by atoms with Crippen LogP contribution in [0.1, 0.15) is 13.8 Å². The summed E-state index contributed by atoms with van der Waals surface area (Å²) in [5.74, 6) is -4.94. The second kappa shape index (κ2) is 7.81. The summed E-state index contributed by atoms with van der Waals surface area (Å²) in [5.41, 5.74) is -3.83. The molecular formula is C18H18O8-2. The van der Waals surface area contributed by atoms with Crippen molar-refractivity contribution >= 4 is 23.9 Å². The fraction of sp³-hybridized carbons (Fsp3) is 0.333. The first-order valence-electron chi connectivity index (χ1n) is 7.55. The van der Waals surface area contributed by atoms with Crippen LogP contribution in [-0.4, -0.2) is 36.1 Å². The maximum absolute atomic E-state index is 11.7. The third-order valence-electron chi connectivity index (χ3n) is 4.24. The lowest BCUT2D eigenvalue weighted by Crippen LogP contribution is -2.53. The zero-order valence-electron chi connectivity index (χ0n) is 14.3. The molecule has 1 aliphatic carbocycles. The summed E-state index contributed by atoms with van der Waals surface area (Å²) in [7, 11) is 0. The highest BCUT2D eigenvalue weighted by atomic mass is 16.5. The van der Waals surface area contributed by atoms with Gasteiger partial charge in [-0.05, 0) is 13.8 Å². The summed E-state index contributed by atoms with van der Waals surface area (Å²) in [5, 5.41) is 23.3. The van der Waals surface area contributed by atoms with E-state index in [0.717, 1.165) is 36.5 Å². The number of ether oxygens (including phenoxy) is 2. The van der Waals surface area contributed by atoms with Crippen LogP contribution in [0.25, 0.3) is 0 Å². The fourth-order valence-corrected chi connectivity index (χ4v) is 2.45. The van der Waals surface area contributed by atoms with E-state index in [-0.39, 0.29) is 0 Å². The first kappa shape index (κ1) is 20.9. The van der Waals surface area contributed by atoms with Crippen molar-refractivity contribution in [1.82, 2.24) is 0 Å². The van der Waals surface area contributed by atoms with Crippen LogP contribution in [-0.2, 0) is 28.7 Å². The molecule has 0 saturated heterocycles. The number of carbonyl (C=O) groups excluding carboxylic acids is 4. The van der Waals surface area contributed by atoms with Crippen LogP contribution in [0.4, 0.5) is 0 Å². The summed E-state index contributed by atoms with van der Waals surface area (Å²) < 4.78 is 9.87. The monoisotopic (exact) mass is 362 g/mol. The molecule has 0 amide bonds. The molecule has 26 heavy (non-hydrogen) atoms. The van der Waals surface area contributed by atoms with Gasteiger partial charge in [-0.2, -0.15) is 0 Å². The van der Waals surface area contributed by atoms with Crippen molar-refractivity contribution in [1.29, 1.82) is 0 Å². The van der Waals surface area contributed by atoms with Gasteiger partial charge in [-0.15, -0.1) is 0 Å². The molecule has 2 unspecified atom stereocenters. The molecule has 0 saturated carbocycles. The Balaban J connectivity index is 3.29. The van der Waals surface area contributed by atoms with Crippen LogP contribution in [0.2, 0.25) is 0 Å². The van der Waals surface area contributed by atoms with E-state index in [4.69, 9.17) is 9.47 Å². The lowest BCUT2D eigenvalue weighted by atomic mass is 9.70. The summed E-state index contributed by atoms with van der Waals surface area (Å²) in [4.78, 5) is 46.1. The fourth-order valence-electron chi connectivity index (χ4n) is 2.45. The molecule has 0 N–H and O–H groups in total. The van der Waals surface area contributed by atoms with Crippen molar-refractivity contribution in [3.8, 4) is 0 Å². The molecule has 0 aromatic rings. The Morgan fingerprint density at radius 1 is 0.808 bits per heavy atom. The quantitative estimate of drug-likeness (QED) is 0.299. The predicted octanol–water partition coefficient (Wildman–Crippen LogP) is -1.18. The van der Waals surface area contributed by atoms with E-state index >= 15 is 0 Å². The largest absolute Gasteiger partial charge is 0.549 e. The van der Waals surface area contributed by atoms with Gasteiger partial charge in [0.25, 0.3) is 0 Å². The first-order chi connectivity index (χ1) is 12.1. The Labute approximate surface area is 150 Å². The number of carboxylic acids is 2. The van der Waals surface area contributed by atoms with E-state index in [1.807, 2.05) is 0 Å². The van der Waals surface area contributed by atoms with Gasteiger partial charge in [0.2, 0.25) is 0 Å². The number of rotatable bonds is 8. The smallest absolute Gasteiger partial charge is 0.330 e. The molecule has 0 fully saturated rings. The summed E-state index contributed by atoms with van der Waals surface area (Å²) in [6, 6.07) is 0. The Morgan fingerprint density at radius 3 is 1.27 bits per heavy atom. The summed E-state index contributed by atoms with van der Waals surface area (Å²) in [6.45, 7) is 9.04. The summed E-state index contributed by atoms with van der Waals surface area (Å²) >= 11 is 0. The Hall–Kier alpha value is -3.16. The van der Waals surface area contributed by atoms with Crippen molar-refractivity contribution in [2.45, 2.75) is 26.1 Å². The highest BCUT2D eigenvalue weighted by Gasteiger charge is 2.44. The van der Waals surface area contributed by atoms with Crippen LogP contribution in [0, 0.1) is 10.8 Å². The molecule has 0 aromatic heterocycles. The molecule has 0 aromatic carbocycles. The average molecular weight is 362 g/mol. The van der Waals surface area contributed by atoms with Gasteiger partial charge in [0.15, 0.2) is 0 Å². The van der Waals surface area contributed by atoms with E-state index < -0.39 is 46.9 Å². The molecule has 8 nitrogen and oxygen atoms in total. The normalized spacial score (nSPS) is 26.2. The second-order valence-electron chi connectivity index (χ2n) is 5.67. The van der Waals surface area contributed by atoms with Crippen molar-refractivity contribution < 1.29 is 38.9 Å². The van der Waals surface area contributed by atoms with Gasteiger partial charge in [-0.1, -0.05) is 37.5 Å². The molecule has 1 aliphatic rings. The van der Waals surface area contributed by atoms with E-state index in [1.54, 1.807) is 0 Å². The lowest BCUT2D eigenvalue weighted by Gasteiger charge is -2.42. The number of carboxylic acid groups (broad SMARTS) is 2. The zero-order chi connectivity index (χ0) is 20.1. The molecule has 0 bridgehead atoms. The molecule has 0 heterocycles. The van der Waals surface area contributed by atoms with Crippen LogP contribution in [0.3, 0.4) is 0 Å². The van der Waals surface area contributed by atoms with Crippen molar-refractivity contribution in [2.75, 3.05) is 0 Å². The molecule has 0 spiro atoms. The van der Waals surface area contributed by atoms with Crippen molar-refractivity contribution in [3.05, 3.63) is 49.6 Å². The van der Waals surface area contributed by atoms with Gasteiger partial charge < -0.3 is 29.3 Å². The molecule has 0 aliphatic heterocycles. The van der Waals surface area contributed by atoms with Crippen LogP contribution in [0.15, 0.2) is 49.6 Å². The highest BCUT2D eigenvalue weighted by Crippen LogP contribution is 2.40. The van der Waals surface area contributed by atoms with Crippen LogP contribution < -0.4 is 10.2 Å². The Bertz CT molecular complexity index is 628. The SMILES string of the molecule is C=CC(=O)OC(C)C1(C(=O)[O-])C=CC(C(=O)[O-])(C(C)OC(=O)C=C)C=C1. The summed E-state index contributed by atoms with van der Waals surface area (Å²) in [6.07, 6.45) is 3.31. The number of aliphatic carboxylic acids is 2. The Kier molecular flexibility index (Phi) is 6.28. The van der Waals surface area contributed by atoms with E-state index in [9.17, 15) is 29.4 Å². The van der Waals surface area contributed by atoms with Gasteiger partial charge in [0, 0.05) is 12.2 Å². The topological polar surface area (TPSA) is 133 Å². The number of carbonyl (C=O) groups is 4. The second-order valence-corrected chi connectivity index (χ2v) is 5.67. The Morgan fingerprint density at radius 2 is 1.08 bits per heavy atom. The van der Waals surface area contributed by atoms with Gasteiger partial charge in [-0.3, -0.25) is 0 Å². The molecule has 0 radical (unpaired) electrons. The van der Waals surface area contributed by atoms with Gasteiger partial charge >= 0.3 is 11.9 Å². The van der Waals surface area contributed by atoms with E-state index in [2.05, 4.69) is 13.2 Å². The zero-order valence-corrected chi connectivity index (χ0v) is 14.3. The third kappa shape index (κ3) is 3.74. The number of hydrogen-bond acceptors (Lipinski definition) is 8. The predicted molar refractivity (Wildman–Crippen MR) is 84.7 cm³/mol. The van der Waals surface area contributed by atoms with Gasteiger partial charge in [-0.25, -0.2) is 9.59 Å². The van der Waals surface area contributed by atoms with Crippen LogP contribution >= 0.6 is 0 Å². The number of esters is 2.